The Hall–Kier alpha value is -1.81. The third kappa shape index (κ3) is 3.27. The van der Waals surface area contributed by atoms with Gasteiger partial charge in [0.25, 0.3) is 0 Å². The van der Waals surface area contributed by atoms with Crippen molar-refractivity contribution in [2.24, 2.45) is 0 Å². The topological polar surface area (TPSA) is 39.1 Å². The number of hydrogen-bond donors (Lipinski definition) is 1. The van der Waals surface area contributed by atoms with Crippen LogP contribution >= 0.6 is 0 Å². The number of ether oxygens (including phenoxy) is 1. The maximum absolute atomic E-state index is 6.03. The van der Waals surface area contributed by atoms with Gasteiger partial charge in [-0.3, -0.25) is 0 Å². The molecule has 0 saturated heterocycles. The Morgan fingerprint density at radius 2 is 2.38 bits per heavy atom. The molecule has 0 saturated carbocycles. The molecule has 3 rings (SSSR count). The lowest BCUT2D eigenvalue weighted by Crippen LogP contribution is -2.22. The largest absolute Gasteiger partial charge is 0.493 e. The van der Waals surface area contributed by atoms with Crippen molar-refractivity contribution in [2.45, 2.75) is 38.3 Å². The van der Waals surface area contributed by atoms with Crippen LogP contribution in [0.5, 0.6) is 5.75 Å². The quantitative estimate of drug-likeness (QED) is 0.829. The van der Waals surface area contributed by atoms with Gasteiger partial charge in [-0.2, -0.15) is 0 Å². The van der Waals surface area contributed by atoms with Crippen molar-refractivity contribution in [3.05, 3.63) is 48.0 Å². The number of fused-ring (bicyclic) bond motifs is 1. The van der Waals surface area contributed by atoms with Gasteiger partial charge in [-0.05, 0) is 49.9 Å². The van der Waals surface area contributed by atoms with E-state index in [0.717, 1.165) is 31.7 Å². The average molecular weight is 285 g/mol. The van der Waals surface area contributed by atoms with E-state index in [4.69, 9.17) is 4.74 Å². The molecular weight excluding hydrogens is 262 g/mol. The summed E-state index contributed by atoms with van der Waals surface area (Å²) in [4.78, 5) is 4.05. The highest BCUT2D eigenvalue weighted by molar-refractivity contribution is 5.43. The highest BCUT2D eigenvalue weighted by atomic mass is 16.5. The van der Waals surface area contributed by atoms with Crippen molar-refractivity contribution >= 4 is 0 Å². The van der Waals surface area contributed by atoms with Gasteiger partial charge >= 0.3 is 0 Å². The molecule has 0 fully saturated rings. The van der Waals surface area contributed by atoms with Gasteiger partial charge < -0.3 is 14.6 Å². The molecule has 0 amide bonds. The van der Waals surface area contributed by atoms with Gasteiger partial charge in [-0.1, -0.05) is 12.1 Å². The van der Waals surface area contributed by atoms with Crippen LogP contribution in [0, 0.1) is 0 Å². The summed E-state index contributed by atoms with van der Waals surface area (Å²) in [6.45, 7) is 1.70. The minimum Gasteiger partial charge on any atom is -0.493 e. The smallest absolute Gasteiger partial charge is 0.122 e. The van der Waals surface area contributed by atoms with E-state index in [0.29, 0.717) is 6.04 Å². The summed E-state index contributed by atoms with van der Waals surface area (Å²) < 4.78 is 8.12. The summed E-state index contributed by atoms with van der Waals surface area (Å²) in [7, 11) is 2.04. The third-order valence-electron chi connectivity index (χ3n) is 4.19. The second-order valence-corrected chi connectivity index (χ2v) is 5.56. The SMILES string of the molecule is CNC1CCCc2c(OCCCn3ccnc3)cccc21. The molecule has 1 atom stereocenters. The zero-order chi connectivity index (χ0) is 14.5. The van der Waals surface area contributed by atoms with E-state index in [1.54, 1.807) is 0 Å². The number of rotatable bonds is 6. The molecule has 0 radical (unpaired) electrons. The van der Waals surface area contributed by atoms with Crippen molar-refractivity contribution < 1.29 is 4.74 Å². The molecular formula is C17H23N3O. The van der Waals surface area contributed by atoms with E-state index >= 15 is 0 Å². The van der Waals surface area contributed by atoms with Gasteiger partial charge in [0.1, 0.15) is 5.75 Å². The van der Waals surface area contributed by atoms with E-state index in [2.05, 4.69) is 33.1 Å². The Kier molecular flexibility index (Phi) is 4.55. The molecule has 1 aromatic heterocycles. The Morgan fingerprint density at radius 1 is 1.43 bits per heavy atom. The Labute approximate surface area is 126 Å². The number of nitrogens with zero attached hydrogens (tertiary/aromatic N) is 2. The van der Waals surface area contributed by atoms with Gasteiger partial charge in [0.15, 0.2) is 0 Å². The minimum atomic E-state index is 0.475. The molecule has 1 aliphatic rings. The summed E-state index contributed by atoms with van der Waals surface area (Å²) >= 11 is 0. The molecule has 0 spiro atoms. The Morgan fingerprint density at radius 3 is 3.19 bits per heavy atom. The molecule has 2 aromatic rings. The van der Waals surface area contributed by atoms with E-state index in [-0.39, 0.29) is 0 Å². The molecule has 1 aromatic carbocycles. The first kappa shape index (κ1) is 14.1. The summed E-state index contributed by atoms with van der Waals surface area (Å²) in [6.07, 6.45) is 10.2. The maximum Gasteiger partial charge on any atom is 0.122 e. The molecule has 0 bridgehead atoms. The van der Waals surface area contributed by atoms with Crippen molar-refractivity contribution in [3.63, 3.8) is 0 Å². The third-order valence-corrected chi connectivity index (χ3v) is 4.19. The number of hydrogen-bond acceptors (Lipinski definition) is 3. The van der Waals surface area contributed by atoms with Gasteiger partial charge in [0.2, 0.25) is 0 Å². The van der Waals surface area contributed by atoms with Crippen LogP contribution in [0.1, 0.15) is 36.4 Å². The number of aryl methyl sites for hydroxylation is 1. The fourth-order valence-corrected chi connectivity index (χ4v) is 3.10. The second kappa shape index (κ2) is 6.76. The number of aromatic nitrogens is 2. The van der Waals surface area contributed by atoms with Gasteiger partial charge in [-0.25, -0.2) is 4.98 Å². The summed E-state index contributed by atoms with van der Waals surface area (Å²) in [6, 6.07) is 6.92. The lowest BCUT2D eigenvalue weighted by atomic mass is 9.87. The van der Waals surface area contributed by atoms with E-state index in [9.17, 15) is 0 Å². The van der Waals surface area contributed by atoms with Crippen LogP contribution in [0.2, 0.25) is 0 Å². The van der Waals surface area contributed by atoms with Crippen molar-refractivity contribution in [3.8, 4) is 5.75 Å². The normalized spacial score (nSPS) is 17.5. The highest BCUT2D eigenvalue weighted by Gasteiger charge is 2.21. The fraction of sp³-hybridized carbons (Fsp3) is 0.471. The Balaban J connectivity index is 1.60. The first-order valence-corrected chi connectivity index (χ1v) is 7.76. The number of benzene rings is 1. The maximum atomic E-state index is 6.03. The van der Waals surface area contributed by atoms with Crippen LogP contribution in [-0.4, -0.2) is 23.2 Å². The molecule has 4 heteroatoms. The van der Waals surface area contributed by atoms with Crippen molar-refractivity contribution in [1.29, 1.82) is 0 Å². The van der Waals surface area contributed by atoms with Crippen LogP contribution in [-0.2, 0) is 13.0 Å². The van der Waals surface area contributed by atoms with Gasteiger partial charge in [0, 0.05) is 25.0 Å². The van der Waals surface area contributed by atoms with Gasteiger partial charge in [0.05, 0.1) is 12.9 Å². The second-order valence-electron chi connectivity index (χ2n) is 5.56. The predicted molar refractivity (Wildman–Crippen MR) is 83.5 cm³/mol. The molecule has 1 unspecified atom stereocenters. The standard InChI is InChI=1S/C17H23N3O/c1-18-16-7-2-6-15-14(16)5-3-8-17(15)21-12-4-10-20-11-9-19-13-20/h3,5,8-9,11,13,16,18H,2,4,6-7,10,12H2,1H3. The van der Waals surface area contributed by atoms with Gasteiger partial charge in [-0.15, -0.1) is 0 Å². The van der Waals surface area contributed by atoms with Crippen LogP contribution < -0.4 is 10.1 Å². The van der Waals surface area contributed by atoms with Crippen LogP contribution in [0.15, 0.2) is 36.9 Å². The summed E-state index contributed by atoms with van der Waals surface area (Å²) in [5.74, 6) is 1.07. The van der Waals surface area contributed by atoms with E-state index in [1.807, 2.05) is 25.8 Å². The molecule has 1 heterocycles. The van der Waals surface area contributed by atoms with Crippen LogP contribution in [0.4, 0.5) is 0 Å². The average Bonchev–Trinajstić information content (AvgIpc) is 3.04. The van der Waals surface area contributed by atoms with Crippen molar-refractivity contribution in [2.75, 3.05) is 13.7 Å². The lowest BCUT2D eigenvalue weighted by molar-refractivity contribution is 0.296. The zero-order valence-corrected chi connectivity index (χ0v) is 12.6. The zero-order valence-electron chi connectivity index (χ0n) is 12.6. The number of nitrogens with one attached hydrogen (secondary N) is 1. The summed E-state index contributed by atoms with van der Waals surface area (Å²) in [5.41, 5.74) is 2.81. The van der Waals surface area contributed by atoms with Crippen molar-refractivity contribution in [1.82, 2.24) is 14.9 Å². The highest BCUT2D eigenvalue weighted by Crippen LogP contribution is 2.35. The van der Waals surface area contributed by atoms with E-state index < -0.39 is 0 Å². The molecule has 0 aliphatic heterocycles. The lowest BCUT2D eigenvalue weighted by Gasteiger charge is -2.26. The van der Waals surface area contributed by atoms with Crippen LogP contribution in [0.3, 0.4) is 0 Å². The minimum absolute atomic E-state index is 0.475. The fourth-order valence-electron chi connectivity index (χ4n) is 3.10. The molecule has 4 nitrogen and oxygen atoms in total. The first-order valence-electron chi connectivity index (χ1n) is 7.76. The predicted octanol–water partition coefficient (Wildman–Crippen LogP) is 2.95. The first-order chi connectivity index (χ1) is 10.4. The van der Waals surface area contributed by atoms with Crippen LogP contribution in [0.25, 0.3) is 0 Å². The molecule has 112 valence electrons. The monoisotopic (exact) mass is 285 g/mol. The summed E-state index contributed by atoms with van der Waals surface area (Å²) in [5, 5.41) is 3.41. The molecule has 21 heavy (non-hydrogen) atoms. The Bertz CT molecular complexity index is 565. The number of imidazole rings is 1. The molecule has 1 N–H and O–H groups in total. The molecule has 1 aliphatic carbocycles. The van der Waals surface area contributed by atoms with E-state index in [1.165, 1.54) is 24.0 Å².